The molecule has 2 heterocycles. The molecule has 0 radical (unpaired) electrons. The predicted molar refractivity (Wildman–Crippen MR) is 75.8 cm³/mol. The Balaban J connectivity index is 2.09. The number of ether oxygens (including phenoxy) is 1. The third kappa shape index (κ3) is 2.41. The van der Waals surface area contributed by atoms with Crippen molar-refractivity contribution in [3.63, 3.8) is 0 Å². The maximum absolute atomic E-state index is 14.3. The van der Waals surface area contributed by atoms with Crippen LogP contribution in [0.1, 0.15) is 5.69 Å². The first-order valence-electron chi connectivity index (χ1n) is 6.64. The second-order valence-corrected chi connectivity index (χ2v) is 5.01. The number of anilines is 1. The van der Waals surface area contributed by atoms with Gasteiger partial charge in [-0.2, -0.15) is 0 Å². The minimum atomic E-state index is -0.853. The van der Waals surface area contributed by atoms with Gasteiger partial charge in [0.2, 0.25) is 0 Å². The Morgan fingerprint density at radius 2 is 2.05 bits per heavy atom. The number of hydrogen-bond donors (Lipinski definition) is 0. The van der Waals surface area contributed by atoms with E-state index >= 15 is 0 Å². The van der Waals surface area contributed by atoms with Crippen molar-refractivity contribution in [2.75, 3.05) is 25.1 Å². The predicted octanol–water partition coefficient (Wildman–Crippen LogP) is 2.76. The van der Waals surface area contributed by atoms with Crippen LogP contribution in [0.5, 0.6) is 5.75 Å². The molecule has 110 valence electrons. The molecule has 2 aromatic rings. The van der Waals surface area contributed by atoms with Crippen molar-refractivity contribution in [1.29, 1.82) is 0 Å². The summed E-state index contributed by atoms with van der Waals surface area (Å²) in [6.45, 7) is 2.35. The lowest BCUT2D eigenvalue weighted by Gasteiger charge is -2.36. The number of aromatic nitrogens is 2. The number of hydrogen-bond acceptors (Lipinski definition) is 4. The summed E-state index contributed by atoms with van der Waals surface area (Å²) in [5.74, 6) is 0.603. The Kier molecular flexibility index (Phi) is 3.45. The molecule has 0 N–H and O–H groups in total. The van der Waals surface area contributed by atoms with E-state index in [0.29, 0.717) is 28.4 Å². The maximum atomic E-state index is 14.3. The minimum Gasteiger partial charge on any atom is -0.497 e. The highest BCUT2D eigenvalue weighted by molar-refractivity contribution is 5.79. The number of alkyl halides is 1. The van der Waals surface area contributed by atoms with Gasteiger partial charge >= 0.3 is 0 Å². The lowest BCUT2D eigenvalue weighted by molar-refractivity contribution is 0.273. The number of nitrogens with zero attached hydrogens (tertiary/aromatic N) is 3. The molecule has 1 aliphatic rings. The van der Waals surface area contributed by atoms with Gasteiger partial charge in [-0.25, -0.2) is 18.7 Å². The second kappa shape index (κ2) is 5.27. The minimum absolute atomic E-state index is 0.279. The fraction of sp³-hybridized carbons (Fsp3) is 0.333. The van der Waals surface area contributed by atoms with Gasteiger partial charge in [0, 0.05) is 17.2 Å². The fourth-order valence-corrected chi connectivity index (χ4v) is 2.44. The molecule has 0 atom stereocenters. The van der Waals surface area contributed by atoms with Crippen LogP contribution < -0.4 is 9.64 Å². The number of halogens is 2. The van der Waals surface area contributed by atoms with E-state index in [0.717, 1.165) is 0 Å². The van der Waals surface area contributed by atoms with Gasteiger partial charge in [0.05, 0.1) is 25.9 Å². The molecule has 1 saturated heterocycles. The van der Waals surface area contributed by atoms with Crippen molar-refractivity contribution in [2.45, 2.75) is 13.1 Å². The molecule has 6 heteroatoms. The first kappa shape index (κ1) is 13.7. The number of rotatable bonds is 3. The summed E-state index contributed by atoms with van der Waals surface area (Å²) in [7, 11) is 1.48. The standard InChI is InChI=1S/C15H15F2N3O/c1-9-14(12-4-3-11(21-2)5-13(12)17)15(19-8-18-9)20-6-10(16)7-20/h3-5,8,10H,6-7H2,1-2H3. The molecule has 4 nitrogen and oxygen atoms in total. The molecule has 0 unspecified atom stereocenters. The molecule has 0 spiro atoms. The normalized spacial score (nSPS) is 15.0. The third-order valence-electron chi connectivity index (χ3n) is 3.60. The smallest absolute Gasteiger partial charge is 0.140 e. The van der Waals surface area contributed by atoms with E-state index in [1.807, 2.05) is 0 Å². The van der Waals surface area contributed by atoms with Crippen LogP contribution in [0.15, 0.2) is 24.5 Å². The molecular weight excluding hydrogens is 276 g/mol. The molecule has 3 rings (SSSR count). The maximum Gasteiger partial charge on any atom is 0.140 e. The van der Waals surface area contributed by atoms with E-state index in [1.54, 1.807) is 24.0 Å². The molecule has 0 amide bonds. The Morgan fingerprint density at radius 1 is 1.29 bits per heavy atom. The lowest BCUT2D eigenvalue weighted by Crippen LogP contribution is -2.49. The molecular formula is C15H15F2N3O. The van der Waals surface area contributed by atoms with E-state index in [2.05, 4.69) is 9.97 Å². The van der Waals surface area contributed by atoms with Gasteiger partial charge in [-0.1, -0.05) is 0 Å². The summed E-state index contributed by atoms with van der Waals surface area (Å²) >= 11 is 0. The summed E-state index contributed by atoms with van der Waals surface area (Å²) in [6.07, 6.45) is 0.565. The van der Waals surface area contributed by atoms with Crippen molar-refractivity contribution in [3.05, 3.63) is 36.0 Å². The molecule has 21 heavy (non-hydrogen) atoms. The van der Waals surface area contributed by atoms with Crippen LogP contribution in [-0.4, -0.2) is 36.3 Å². The summed E-state index contributed by atoms with van der Waals surface area (Å²) in [6, 6.07) is 4.64. The first-order chi connectivity index (χ1) is 10.1. The zero-order chi connectivity index (χ0) is 15.0. The van der Waals surface area contributed by atoms with Gasteiger partial charge in [-0.05, 0) is 19.1 Å². The van der Waals surface area contributed by atoms with Gasteiger partial charge in [-0.15, -0.1) is 0 Å². The van der Waals surface area contributed by atoms with Gasteiger partial charge in [0.25, 0.3) is 0 Å². The molecule has 1 aromatic heterocycles. The van der Waals surface area contributed by atoms with E-state index in [-0.39, 0.29) is 13.1 Å². The van der Waals surface area contributed by atoms with E-state index < -0.39 is 12.0 Å². The molecule has 0 saturated carbocycles. The van der Waals surface area contributed by atoms with Gasteiger partial charge in [-0.3, -0.25) is 0 Å². The van der Waals surface area contributed by atoms with Gasteiger partial charge in [0.15, 0.2) is 0 Å². The molecule has 1 aliphatic heterocycles. The highest BCUT2D eigenvalue weighted by Crippen LogP contribution is 2.36. The van der Waals surface area contributed by atoms with Crippen LogP contribution in [0.3, 0.4) is 0 Å². The van der Waals surface area contributed by atoms with Gasteiger partial charge in [0.1, 0.15) is 29.9 Å². The van der Waals surface area contributed by atoms with E-state index in [9.17, 15) is 8.78 Å². The second-order valence-electron chi connectivity index (χ2n) is 5.01. The van der Waals surface area contributed by atoms with Crippen LogP contribution >= 0.6 is 0 Å². The SMILES string of the molecule is COc1ccc(-c2c(C)ncnc2N2CC(F)C2)c(F)c1. The van der Waals surface area contributed by atoms with Crippen molar-refractivity contribution < 1.29 is 13.5 Å². The average Bonchev–Trinajstić information content (AvgIpc) is 2.44. The molecule has 1 fully saturated rings. The van der Waals surface area contributed by atoms with Crippen molar-refractivity contribution in [1.82, 2.24) is 9.97 Å². The van der Waals surface area contributed by atoms with Crippen molar-refractivity contribution in [3.8, 4) is 16.9 Å². The quantitative estimate of drug-likeness (QED) is 0.871. The molecule has 0 aliphatic carbocycles. The average molecular weight is 291 g/mol. The fourth-order valence-electron chi connectivity index (χ4n) is 2.44. The van der Waals surface area contributed by atoms with Crippen LogP contribution in [0.25, 0.3) is 11.1 Å². The number of aryl methyl sites for hydroxylation is 1. The topological polar surface area (TPSA) is 38.3 Å². The monoisotopic (exact) mass is 291 g/mol. The Labute approximate surface area is 121 Å². The lowest BCUT2D eigenvalue weighted by atomic mass is 10.0. The van der Waals surface area contributed by atoms with Crippen LogP contribution in [0.2, 0.25) is 0 Å². The highest BCUT2D eigenvalue weighted by Gasteiger charge is 2.30. The third-order valence-corrected chi connectivity index (χ3v) is 3.60. The Bertz CT molecular complexity index is 672. The van der Waals surface area contributed by atoms with Gasteiger partial charge < -0.3 is 9.64 Å². The summed E-state index contributed by atoms with van der Waals surface area (Å²) in [5, 5.41) is 0. The largest absolute Gasteiger partial charge is 0.497 e. The number of benzene rings is 1. The Hall–Kier alpha value is -2.24. The summed E-state index contributed by atoms with van der Waals surface area (Å²) in [5.41, 5.74) is 1.65. The van der Waals surface area contributed by atoms with Crippen LogP contribution in [-0.2, 0) is 0 Å². The van der Waals surface area contributed by atoms with Crippen LogP contribution in [0, 0.1) is 12.7 Å². The molecule has 0 bridgehead atoms. The first-order valence-corrected chi connectivity index (χ1v) is 6.64. The van der Waals surface area contributed by atoms with Crippen molar-refractivity contribution >= 4 is 5.82 Å². The summed E-state index contributed by atoms with van der Waals surface area (Å²) < 4.78 is 32.4. The zero-order valence-electron chi connectivity index (χ0n) is 11.8. The van der Waals surface area contributed by atoms with Crippen molar-refractivity contribution in [2.24, 2.45) is 0 Å². The van der Waals surface area contributed by atoms with Crippen LogP contribution in [0.4, 0.5) is 14.6 Å². The zero-order valence-corrected chi connectivity index (χ0v) is 11.8. The Morgan fingerprint density at radius 3 is 2.67 bits per heavy atom. The van der Waals surface area contributed by atoms with E-state index in [4.69, 9.17) is 4.74 Å². The number of methoxy groups -OCH3 is 1. The van der Waals surface area contributed by atoms with E-state index in [1.165, 1.54) is 19.5 Å². The summed E-state index contributed by atoms with van der Waals surface area (Å²) in [4.78, 5) is 10.1. The highest BCUT2D eigenvalue weighted by atomic mass is 19.1. The molecule has 1 aromatic carbocycles.